The third-order valence-electron chi connectivity index (χ3n) is 4.90. The van der Waals surface area contributed by atoms with Crippen molar-refractivity contribution in [3.8, 4) is 9.88 Å². The molecule has 1 fully saturated rings. The Morgan fingerprint density at radius 1 is 1.31 bits per heavy atom. The molecule has 5 nitrogen and oxygen atoms in total. The summed E-state index contributed by atoms with van der Waals surface area (Å²) in [4.78, 5) is 17.9. The molecule has 2 heterocycles. The van der Waals surface area contributed by atoms with Gasteiger partial charge in [0.05, 0.1) is 16.3 Å². The van der Waals surface area contributed by atoms with E-state index in [0.717, 1.165) is 35.6 Å². The van der Waals surface area contributed by atoms with Gasteiger partial charge in [0.25, 0.3) is 0 Å². The maximum absolute atomic E-state index is 12.6. The number of rotatable bonds is 6. The molecule has 0 radical (unpaired) electrons. The molecule has 1 N–H and O–H groups in total. The number of thiophene rings is 1. The highest BCUT2D eigenvalue weighted by atomic mass is 32.2. The van der Waals surface area contributed by atoms with Gasteiger partial charge in [-0.05, 0) is 50.0 Å². The molecule has 26 heavy (non-hydrogen) atoms. The molecule has 2 aromatic heterocycles. The zero-order valence-corrected chi connectivity index (χ0v) is 17.4. The van der Waals surface area contributed by atoms with Crippen molar-refractivity contribution in [3.05, 3.63) is 28.6 Å². The van der Waals surface area contributed by atoms with Crippen LogP contribution >= 0.6 is 22.7 Å². The third-order valence-corrected chi connectivity index (χ3v) is 8.82. The van der Waals surface area contributed by atoms with Gasteiger partial charge in [-0.25, -0.2) is 13.4 Å². The lowest BCUT2D eigenvalue weighted by atomic mass is 9.87. The van der Waals surface area contributed by atoms with Crippen molar-refractivity contribution < 1.29 is 13.2 Å². The summed E-state index contributed by atoms with van der Waals surface area (Å²) in [5.74, 6) is 0.0929. The zero-order valence-electron chi connectivity index (χ0n) is 15.0. The molecule has 1 unspecified atom stereocenters. The van der Waals surface area contributed by atoms with Crippen molar-refractivity contribution in [1.29, 1.82) is 0 Å². The normalized spacial score (nSPS) is 22.1. The minimum atomic E-state index is -3.59. The first-order chi connectivity index (χ1) is 12.3. The van der Waals surface area contributed by atoms with Crippen LogP contribution < -0.4 is 5.32 Å². The Labute approximate surface area is 162 Å². The summed E-state index contributed by atoms with van der Waals surface area (Å²) in [6, 6.07) is 4.00. The first-order valence-corrected chi connectivity index (χ1v) is 12.3. The summed E-state index contributed by atoms with van der Waals surface area (Å²) >= 11 is 3.00. The standard InChI is InChI=1S/C18H24N2O3S3/c1-12-5-7-14(8-6-12)19-17(21)13(2)26(22,23)11-15-10-25-18(20-15)16-4-3-9-24-16/h3-4,9-10,12-14H,5-8,11H2,1-2H3,(H,19,21). The first kappa shape index (κ1) is 19.5. The Kier molecular flexibility index (Phi) is 6.14. The maximum atomic E-state index is 12.6. The predicted molar refractivity (Wildman–Crippen MR) is 107 cm³/mol. The molecule has 1 aliphatic rings. The fraction of sp³-hybridized carbons (Fsp3) is 0.556. The van der Waals surface area contributed by atoms with Crippen LogP contribution in [-0.2, 0) is 20.4 Å². The van der Waals surface area contributed by atoms with Crippen LogP contribution in [0, 0.1) is 5.92 Å². The summed E-state index contributed by atoms with van der Waals surface area (Å²) in [5.41, 5.74) is 0.504. The fourth-order valence-corrected chi connectivity index (χ4v) is 6.05. The fourth-order valence-electron chi connectivity index (χ4n) is 3.10. The van der Waals surface area contributed by atoms with Gasteiger partial charge in [-0.3, -0.25) is 4.79 Å². The molecule has 0 aliphatic heterocycles. The van der Waals surface area contributed by atoms with E-state index in [2.05, 4.69) is 17.2 Å². The number of aromatic nitrogens is 1. The molecular formula is C18H24N2O3S3. The maximum Gasteiger partial charge on any atom is 0.238 e. The number of carbonyl (C=O) groups excluding carboxylic acids is 1. The number of amides is 1. The summed E-state index contributed by atoms with van der Waals surface area (Å²) in [7, 11) is -3.59. The number of nitrogens with zero attached hydrogens (tertiary/aromatic N) is 1. The summed E-state index contributed by atoms with van der Waals surface area (Å²) in [6.07, 6.45) is 4.01. The second-order valence-corrected chi connectivity index (χ2v) is 11.2. The van der Waals surface area contributed by atoms with Crippen LogP contribution in [0.2, 0.25) is 0 Å². The molecule has 1 atom stereocenters. The number of thiazole rings is 1. The van der Waals surface area contributed by atoms with Gasteiger partial charge in [-0.15, -0.1) is 22.7 Å². The van der Waals surface area contributed by atoms with E-state index in [1.165, 1.54) is 18.3 Å². The van der Waals surface area contributed by atoms with E-state index in [4.69, 9.17) is 0 Å². The topological polar surface area (TPSA) is 76.1 Å². The predicted octanol–water partition coefficient (Wildman–Crippen LogP) is 3.87. The van der Waals surface area contributed by atoms with Gasteiger partial charge in [0.1, 0.15) is 10.3 Å². The van der Waals surface area contributed by atoms with E-state index in [0.29, 0.717) is 11.6 Å². The molecule has 1 saturated carbocycles. The second-order valence-electron chi connectivity index (χ2n) is 7.04. The van der Waals surface area contributed by atoms with Crippen LogP contribution in [-0.4, -0.2) is 30.6 Å². The van der Waals surface area contributed by atoms with Crippen LogP contribution in [0.1, 0.15) is 45.2 Å². The van der Waals surface area contributed by atoms with Crippen molar-refractivity contribution in [2.75, 3.05) is 0 Å². The first-order valence-electron chi connectivity index (χ1n) is 8.85. The third kappa shape index (κ3) is 4.72. The Morgan fingerprint density at radius 2 is 2.04 bits per heavy atom. The van der Waals surface area contributed by atoms with Gasteiger partial charge in [0.2, 0.25) is 5.91 Å². The monoisotopic (exact) mass is 412 g/mol. The molecule has 0 bridgehead atoms. The van der Waals surface area contributed by atoms with E-state index in [1.54, 1.807) is 16.7 Å². The Bertz CT molecular complexity index is 835. The molecule has 2 aromatic rings. The molecule has 1 aliphatic carbocycles. The highest BCUT2D eigenvalue weighted by molar-refractivity contribution is 7.92. The Hall–Kier alpha value is -1.25. The zero-order chi connectivity index (χ0) is 18.7. The van der Waals surface area contributed by atoms with E-state index < -0.39 is 21.0 Å². The molecule has 0 spiro atoms. The molecule has 8 heteroatoms. The van der Waals surface area contributed by atoms with Crippen LogP contribution in [0.4, 0.5) is 0 Å². The van der Waals surface area contributed by atoms with Gasteiger partial charge >= 0.3 is 0 Å². The van der Waals surface area contributed by atoms with Crippen molar-refractivity contribution in [2.45, 2.75) is 56.6 Å². The minimum Gasteiger partial charge on any atom is -0.352 e. The highest BCUT2D eigenvalue weighted by Gasteiger charge is 2.31. The van der Waals surface area contributed by atoms with Crippen LogP contribution in [0.25, 0.3) is 9.88 Å². The van der Waals surface area contributed by atoms with E-state index >= 15 is 0 Å². The smallest absolute Gasteiger partial charge is 0.238 e. The molecule has 1 amide bonds. The van der Waals surface area contributed by atoms with Gasteiger partial charge in [-0.2, -0.15) is 0 Å². The number of sulfone groups is 1. The van der Waals surface area contributed by atoms with Crippen LogP contribution in [0.3, 0.4) is 0 Å². The largest absolute Gasteiger partial charge is 0.352 e. The van der Waals surface area contributed by atoms with Crippen molar-refractivity contribution in [3.63, 3.8) is 0 Å². The second kappa shape index (κ2) is 8.19. The Morgan fingerprint density at radius 3 is 2.69 bits per heavy atom. The van der Waals surface area contributed by atoms with Crippen LogP contribution in [0.5, 0.6) is 0 Å². The van der Waals surface area contributed by atoms with E-state index in [-0.39, 0.29) is 11.8 Å². The average molecular weight is 413 g/mol. The lowest BCUT2D eigenvalue weighted by Gasteiger charge is -2.27. The highest BCUT2D eigenvalue weighted by Crippen LogP contribution is 2.29. The molecule has 142 valence electrons. The SMILES string of the molecule is CC1CCC(NC(=O)C(C)S(=O)(=O)Cc2csc(-c3cccs3)n2)CC1. The molecular weight excluding hydrogens is 388 g/mol. The quantitative estimate of drug-likeness (QED) is 0.781. The number of carbonyl (C=O) groups is 1. The lowest BCUT2D eigenvalue weighted by molar-refractivity contribution is -0.121. The number of hydrogen-bond acceptors (Lipinski definition) is 6. The van der Waals surface area contributed by atoms with Gasteiger partial charge in [-0.1, -0.05) is 13.0 Å². The van der Waals surface area contributed by atoms with Crippen LogP contribution in [0.15, 0.2) is 22.9 Å². The average Bonchev–Trinajstić information content (AvgIpc) is 3.27. The molecule has 0 saturated heterocycles. The summed E-state index contributed by atoms with van der Waals surface area (Å²) < 4.78 is 25.3. The number of nitrogens with one attached hydrogen (secondary N) is 1. The van der Waals surface area contributed by atoms with Crippen molar-refractivity contribution in [1.82, 2.24) is 10.3 Å². The lowest BCUT2D eigenvalue weighted by Crippen LogP contribution is -2.44. The van der Waals surface area contributed by atoms with Crippen molar-refractivity contribution >= 4 is 38.4 Å². The molecule has 3 rings (SSSR count). The number of hydrogen-bond donors (Lipinski definition) is 1. The van der Waals surface area contributed by atoms with E-state index in [9.17, 15) is 13.2 Å². The minimum absolute atomic E-state index is 0.0982. The van der Waals surface area contributed by atoms with Gasteiger partial charge < -0.3 is 5.32 Å². The van der Waals surface area contributed by atoms with E-state index in [1.807, 2.05) is 17.5 Å². The summed E-state index contributed by atoms with van der Waals surface area (Å²) in [6.45, 7) is 3.69. The Balaban J connectivity index is 1.61. The van der Waals surface area contributed by atoms with Gasteiger partial charge in [0.15, 0.2) is 9.84 Å². The van der Waals surface area contributed by atoms with Gasteiger partial charge in [0, 0.05) is 11.4 Å². The van der Waals surface area contributed by atoms with Crippen molar-refractivity contribution in [2.24, 2.45) is 5.92 Å². The molecule has 0 aromatic carbocycles. The summed E-state index contributed by atoms with van der Waals surface area (Å²) in [5, 5.41) is 6.41.